The van der Waals surface area contributed by atoms with Gasteiger partial charge in [-0.05, 0) is 96.1 Å². The van der Waals surface area contributed by atoms with E-state index in [2.05, 4.69) is 26.9 Å². The molecule has 0 spiro atoms. The fourth-order valence-electron chi connectivity index (χ4n) is 5.40. The Hall–Kier alpha value is -5.80. The molecule has 7 aromatic carbocycles. The molecule has 0 aliphatic heterocycles. The van der Waals surface area contributed by atoms with Crippen molar-refractivity contribution < 1.29 is 156 Å². The maximum absolute atomic E-state index is 13.3. The van der Waals surface area contributed by atoms with Crippen LogP contribution in [0.5, 0.6) is 17.2 Å². The Balaban J connectivity index is 0.000000919. The molecule has 0 saturated heterocycles. The van der Waals surface area contributed by atoms with Gasteiger partial charge in [0.2, 0.25) is 17.4 Å². The largest absolute Gasteiger partial charge is 1.00 e. The van der Waals surface area contributed by atoms with Crippen LogP contribution in [0.2, 0.25) is 0 Å². The van der Waals surface area contributed by atoms with Gasteiger partial charge in [0, 0.05) is 34.6 Å². The third-order valence-electron chi connectivity index (χ3n) is 9.24. The van der Waals surface area contributed by atoms with Gasteiger partial charge < -0.3 is 36.6 Å². The Morgan fingerprint density at radius 1 is 0.560 bits per heavy atom. The van der Waals surface area contributed by atoms with Crippen LogP contribution in [0.3, 0.4) is 0 Å². The summed E-state index contributed by atoms with van der Waals surface area (Å²) in [7, 11) is 0. The molecular weight excluding hydrogens is 1090 g/mol. The van der Waals surface area contributed by atoms with Crippen molar-refractivity contribution in [2.75, 3.05) is 0 Å². The van der Waals surface area contributed by atoms with E-state index in [1.54, 1.807) is 115 Å². The van der Waals surface area contributed by atoms with E-state index in [1.807, 2.05) is 48.5 Å². The molecular formula is C57H46BrF4K2N4O7+. The van der Waals surface area contributed by atoms with E-state index in [0.29, 0.717) is 68.1 Å². The zero-order valence-corrected chi connectivity index (χ0v) is 48.5. The SMILES string of the molecule is Fc1ccccc1CBr.N#CC1=[C+]C=C(O)C=C1.N#Cc1ccc(OCc2ccccc2F)cc1.N#Cc1ccc(OCc2ccccc2F)cc1.NCc1ccc(OCc2ccccc2F)cc1.O=CO[O-].[H-].[K+].[K+]. The molecule has 0 bridgehead atoms. The molecule has 0 saturated carbocycles. The topological polar surface area (TPSA) is 195 Å². The molecule has 0 atom stereocenters. The summed E-state index contributed by atoms with van der Waals surface area (Å²) in [6.07, 6.45) is 6.90. The van der Waals surface area contributed by atoms with Crippen molar-refractivity contribution >= 4 is 22.4 Å². The third kappa shape index (κ3) is 27.5. The fourth-order valence-corrected chi connectivity index (χ4v) is 5.85. The number of nitriles is 3. The molecule has 0 aromatic heterocycles. The number of allylic oxidation sites excluding steroid dienone is 5. The summed E-state index contributed by atoms with van der Waals surface area (Å²) in [4.78, 5) is 11.2. The Labute approximate surface area is 528 Å². The molecule has 7 aromatic rings. The molecule has 18 heteroatoms. The predicted octanol–water partition coefficient (Wildman–Crippen LogP) is 5.94. The van der Waals surface area contributed by atoms with Crippen LogP contribution in [0.1, 0.15) is 40.4 Å². The smallest absolute Gasteiger partial charge is 1.00 e. The van der Waals surface area contributed by atoms with E-state index < -0.39 is 0 Å². The number of carbonyl (C=O) groups is 1. The first kappa shape index (κ1) is 67.2. The number of rotatable bonds is 12. The van der Waals surface area contributed by atoms with Gasteiger partial charge in [-0.3, -0.25) is 4.79 Å². The van der Waals surface area contributed by atoms with Gasteiger partial charge in [-0.25, -0.2) is 17.6 Å². The van der Waals surface area contributed by atoms with Crippen LogP contribution in [-0.2, 0) is 41.4 Å². The zero-order valence-electron chi connectivity index (χ0n) is 41.7. The van der Waals surface area contributed by atoms with Crippen LogP contribution in [0.4, 0.5) is 17.6 Å². The van der Waals surface area contributed by atoms with Crippen LogP contribution in [0.15, 0.2) is 199 Å². The van der Waals surface area contributed by atoms with Gasteiger partial charge in [0.05, 0.1) is 35.4 Å². The molecule has 0 amide bonds. The molecule has 0 unspecified atom stereocenters. The first-order valence-electron chi connectivity index (χ1n) is 21.5. The Kier molecular flexibility index (Phi) is 36.3. The van der Waals surface area contributed by atoms with E-state index >= 15 is 0 Å². The molecule has 1 aliphatic rings. The quantitative estimate of drug-likeness (QED) is 0.0280. The number of ether oxygens (including phenoxy) is 3. The maximum atomic E-state index is 13.3. The number of hydrogen-bond donors (Lipinski definition) is 2. The zero-order chi connectivity index (χ0) is 53.1. The standard InChI is InChI=1S/C14H14FNO.2C14H10FNO.C7H6BrF.C7H3NO.CH2O3.2K.H/c3*15-14-4-2-1-3-12(14)10-17-13-7-5-11(9-16)6-8-13;8-5-6-3-1-2-4-7(6)9;8-5-6-1-3-7(9)4-2-6;2-1-4-3;;;/h1-8H,9-10,16H2;2*1-8H,10H2;1-4H,5H2;1,3-4H;1,3H;;;/q;;;;;;2*+1;-1. The van der Waals surface area contributed by atoms with Crippen molar-refractivity contribution in [1.82, 2.24) is 0 Å². The minimum Gasteiger partial charge on any atom is -1.00 e. The minimum absolute atomic E-state index is 0. The van der Waals surface area contributed by atoms with Gasteiger partial charge >= 0.3 is 103 Å². The number of alkyl halides is 1. The average Bonchev–Trinajstić information content (AvgIpc) is 3.44. The van der Waals surface area contributed by atoms with Gasteiger partial charge in [-0.15, -0.1) is 5.26 Å². The number of hydrogen-bond acceptors (Lipinski definition) is 11. The van der Waals surface area contributed by atoms with Crippen LogP contribution in [0.25, 0.3) is 0 Å². The number of nitrogens with two attached hydrogens (primary N) is 1. The normalized spacial score (nSPS) is 9.92. The second kappa shape index (κ2) is 40.5. The minimum atomic E-state index is -0.277. The monoisotopic (exact) mass is 1130 g/mol. The number of aliphatic hydroxyl groups is 1. The van der Waals surface area contributed by atoms with Gasteiger partial charge in [-0.2, -0.15) is 10.5 Å². The summed E-state index contributed by atoms with van der Waals surface area (Å²) in [5.41, 5.74) is 10.4. The number of halogens is 5. The first-order chi connectivity index (χ1) is 35.5. The molecule has 0 radical (unpaired) electrons. The Morgan fingerprint density at radius 2 is 0.893 bits per heavy atom. The molecule has 75 heavy (non-hydrogen) atoms. The summed E-state index contributed by atoms with van der Waals surface area (Å²) >= 11 is 3.17. The average molecular weight is 1130 g/mol. The van der Waals surface area contributed by atoms with Gasteiger partial charge in [0.1, 0.15) is 66.4 Å². The molecule has 8 rings (SSSR count). The van der Waals surface area contributed by atoms with Crippen molar-refractivity contribution in [2.45, 2.75) is 31.7 Å². The molecule has 11 nitrogen and oxygen atoms in total. The van der Waals surface area contributed by atoms with E-state index in [0.717, 1.165) is 5.56 Å². The number of carbonyl (C=O) groups excluding carboxylic acids is 1. The second-order valence-corrected chi connectivity index (χ2v) is 14.8. The number of nitrogens with zero attached hydrogens (tertiary/aromatic N) is 3. The van der Waals surface area contributed by atoms with Crippen molar-refractivity contribution in [2.24, 2.45) is 5.73 Å². The van der Waals surface area contributed by atoms with E-state index in [1.165, 1.54) is 42.5 Å². The van der Waals surface area contributed by atoms with Crippen LogP contribution in [0, 0.1) is 63.3 Å². The number of aliphatic hydroxyl groups excluding tert-OH is 1. The first-order valence-corrected chi connectivity index (χ1v) is 22.6. The summed E-state index contributed by atoms with van der Waals surface area (Å²) in [6, 6.07) is 53.1. The van der Waals surface area contributed by atoms with Crippen LogP contribution >= 0.6 is 15.9 Å². The van der Waals surface area contributed by atoms with Crippen LogP contribution in [-0.4, -0.2) is 11.6 Å². The Bertz CT molecular complexity index is 2910. The predicted molar refractivity (Wildman–Crippen MR) is 268 cm³/mol. The third-order valence-corrected chi connectivity index (χ3v) is 9.84. The Morgan fingerprint density at radius 3 is 1.15 bits per heavy atom. The summed E-state index contributed by atoms with van der Waals surface area (Å²) < 4.78 is 68.8. The fraction of sp³-hybridized carbons (Fsp3) is 0.0877. The summed E-state index contributed by atoms with van der Waals surface area (Å²) in [5, 5.41) is 43.3. The number of benzene rings is 7. The summed E-state index contributed by atoms with van der Waals surface area (Å²) in [6.45, 7) is 0.916. The van der Waals surface area contributed by atoms with E-state index in [-0.39, 0.29) is 160 Å². The van der Waals surface area contributed by atoms with E-state index in [9.17, 15) is 17.6 Å². The maximum Gasteiger partial charge on any atom is 1.00 e. The molecule has 1 aliphatic carbocycles. The van der Waals surface area contributed by atoms with Gasteiger partial charge in [0.15, 0.2) is 0 Å². The van der Waals surface area contributed by atoms with E-state index in [4.69, 9.17) is 50.9 Å². The van der Waals surface area contributed by atoms with Crippen molar-refractivity contribution in [3.8, 4) is 35.5 Å². The van der Waals surface area contributed by atoms with Crippen molar-refractivity contribution in [3.05, 3.63) is 268 Å². The molecule has 372 valence electrons. The van der Waals surface area contributed by atoms with Crippen LogP contribution < -0.4 is 128 Å². The summed E-state index contributed by atoms with van der Waals surface area (Å²) in [5.74, 6) is 1.14. The molecule has 3 N–H and O–H groups in total. The molecule has 0 fully saturated rings. The molecule has 0 heterocycles. The van der Waals surface area contributed by atoms with Gasteiger partial charge in [0.25, 0.3) is 6.47 Å². The van der Waals surface area contributed by atoms with Crippen molar-refractivity contribution in [1.29, 1.82) is 15.8 Å². The van der Waals surface area contributed by atoms with Crippen molar-refractivity contribution in [3.63, 3.8) is 0 Å². The second-order valence-electron chi connectivity index (χ2n) is 14.3. The van der Waals surface area contributed by atoms with Gasteiger partial charge in [-0.1, -0.05) is 101 Å².